The highest BCUT2D eigenvalue weighted by Crippen LogP contribution is 2.44. The summed E-state index contributed by atoms with van der Waals surface area (Å²) >= 11 is 0. The lowest BCUT2D eigenvalue weighted by atomic mass is 9.80. The number of unbranched alkanes of at least 4 members (excludes halogenated alkanes) is 1. The van der Waals surface area contributed by atoms with Crippen LogP contribution >= 0.6 is 0 Å². The van der Waals surface area contributed by atoms with Crippen LogP contribution in [0.3, 0.4) is 0 Å². The van der Waals surface area contributed by atoms with E-state index < -0.39 is 5.92 Å². The monoisotopic (exact) mass is 554 g/mol. The second-order valence-corrected chi connectivity index (χ2v) is 10.9. The minimum absolute atomic E-state index is 0.0127. The van der Waals surface area contributed by atoms with Crippen molar-refractivity contribution in [3.63, 3.8) is 0 Å². The number of carbonyl (C=O) groups excluding carboxylic acids is 1. The standard InChI is InChI=1S/C34H35FN2O4/c1-2-3-6-22-9-11-24(12-10-22)34(38)40-27-17-18-28-31(19-27)41-33(37)29(20-36)32(28)23-13-15-26(16-14-23)39-21-25-7-4-5-8-30(25)35/h4-5,7-8,13-19,22,24,32H,2-3,6,9-12,21,37H2,1H3. The molecule has 0 amide bonds. The van der Waals surface area contributed by atoms with Crippen LogP contribution in [0.1, 0.15) is 74.5 Å². The summed E-state index contributed by atoms with van der Waals surface area (Å²) in [6, 6.07) is 21.2. The first-order valence-electron chi connectivity index (χ1n) is 14.4. The third-order valence-electron chi connectivity index (χ3n) is 8.12. The number of nitriles is 1. The normalized spacial score (nSPS) is 20.0. The molecule has 0 aromatic heterocycles. The molecule has 41 heavy (non-hydrogen) atoms. The van der Waals surface area contributed by atoms with E-state index in [1.54, 1.807) is 42.5 Å². The van der Waals surface area contributed by atoms with Gasteiger partial charge in [-0.25, -0.2) is 4.39 Å². The molecule has 1 fully saturated rings. The van der Waals surface area contributed by atoms with E-state index in [1.807, 2.05) is 18.2 Å². The molecule has 3 aromatic carbocycles. The maximum Gasteiger partial charge on any atom is 0.314 e. The largest absolute Gasteiger partial charge is 0.489 e. The summed E-state index contributed by atoms with van der Waals surface area (Å²) in [6.45, 7) is 2.31. The maximum absolute atomic E-state index is 13.9. The average molecular weight is 555 g/mol. The average Bonchev–Trinajstić information content (AvgIpc) is 2.99. The fourth-order valence-corrected chi connectivity index (χ4v) is 5.75. The Morgan fingerprint density at radius 2 is 1.78 bits per heavy atom. The summed E-state index contributed by atoms with van der Waals surface area (Å²) in [5.74, 6) is 1.05. The molecular formula is C34H35FN2O4. The van der Waals surface area contributed by atoms with E-state index in [0.717, 1.165) is 36.8 Å². The lowest BCUT2D eigenvalue weighted by Gasteiger charge is -2.28. The molecule has 1 atom stereocenters. The number of esters is 1. The second kappa shape index (κ2) is 12.9. The van der Waals surface area contributed by atoms with Crippen LogP contribution in [0.2, 0.25) is 0 Å². The van der Waals surface area contributed by atoms with Crippen LogP contribution in [0.5, 0.6) is 17.2 Å². The Labute approximate surface area is 240 Å². The highest BCUT2D eigenvalue weighted by atomic mass is 19.1. The first-order valence-corrected chi connectivity index (χ1v) is 14.4. The number of hydrogen-bond donors (Lipinski definition) is 1. The van der Waals surface area contributed by atoms with Gasteiger partial charge in [0.15, 0.2) is 0 Å². The molecule has 1 aliphatic heterocycles. The summed E-state index contributed by atoms with van der Waals surface area (Å²) in [6.07, 6.45) is 7.55. The van der Waals surface area contributed by atoms with Gasteiger partial charge in [-0.1, -0.05) is 62.6 Å². The highest BCUT2D eigenvalue weighted by molar-refractivity contribution is 5.75. The third kappa shape index (κ3) is 6.54. The second-order valence-electron chi connectivity index (χ2n) is 10.9. The zero-order valence-electron chi connectivity index (χ0n) is 23.3. The summed E-state index contributed by atoms with van der Waals surface area (Å²) < 4.78 is 31.3. The van der Waals surface area contributed by atoms with Crippen molar-refractivity contribution in [1.29, 1.82) is 5.26 Å². The maximum atomic E-state index is 13.9. The van der Waals surface area contributed by atoms with Crippen LogP contribution in [0.15, 0.2) is 78.2 Å². The molecule has 3 aromatic rings. The minimum atomic E-state index is -0.465. The van der Waals surface area contributed by atoms with E-state index >= 15 is 0 Å². The molecule has 2 aliphatic rings. The lowest BCUT2D eigenvalue weighted by Crippen LogP contribution is -2.26. The van der Waals surface area contributed by atoms with Gasteiger partial charge < -0.3 is 19.9 Å². The Bertz CT molecular complexity index is 1450. The number of benzene rings is 3. The molecule has 1 heterocycles. The fourth-order valence-electron chi connectivity index (χ4n) is 5.75. The Kier molecular flexibility index (Phi) is 8.88. The minimum Gasteiger partial charge on any atom is -0.489 e. The molecular weight excluding hydrogens is 519 g/mol. The number of ether oxygens (including phenoxy) is 3. The number of nitrogens with zero attached hydrogens (tertiary/aromatic N) is 1. The number of hydrogen-bond acceptors (Lipinski definition) is 6. The van der Waals surface area contributed by atoms with Crippen molar-refractivity contribution in [2.45, 2.75) is 64.4 Å². The van der Waals surface area contributed by atoms with Gasteiger partial charge in [0.2, 0.25) is 5.88 Å². The molecule has 212 valence electrons. The molecule has 5 rings (SSSR count). The molecule has 2 N–H and O–H groups in total. The zero-order valence-corrected chi connectivity index (χ0v) is 23.3. The van der Waals surface area contributed by atoms with Crippen molar-refractivity contribution < 1.29 is 23.4 Å². The number of nitrogens with two attached hydrogens (primary N) is 1. The molecule has 1 unspecified atom stereocenters. The Morgan fingerprint density at radius 1 is 1.05 bits per heavy atom. The first kappa shape index (κ1) is 28.2. The van der Waals surface area contributed by atoms with Gasteiger partial charge in [-0.15, -0.1) is 0 Å². The molecule has 1 saturated carbocycles. The van der Waals surface area contributed by atoms with Crippen LogP contribution in [0.25, 0.3) is 0 Å². The van der Waals surface area contributed by atoms with Gasteiger partial charge in [0, 0.05) is 17.2 Å². The fraction of sp³-hybridized carbons (Fsp3) is 0.353. The van der Waals surface area contributed by atoms with Crippen LogP contribution in [-0.4, -0.2) is 5.97 Å². The van der Waals surface area contributed by atoms with Gasteiger partial charge in [0.05, 0.1) is 11.8 Å². The molecule has 0 spiro atoms. The lowest BCUT2D eigenvalue weighted by molar-refractivity contribution is -0.140. The van der Waals surface area contributed by atoms with E-state index in [2.05, 4.69) is 13.0 Å². The van der Waals surface area contributed by atoms with E-state index in [4.69, 9.17) is 19.9 Å². The van der Waals surface area contributed by atoms with E-state index in [0.29, 0.717) is 34.3 Å². The number of fused-ring (bicyclic) bond motifs is 1. The molecule has 0 radical (unpaired) electrons. The molecule has 1 aliphatic carbocycles. The Hall–Kier alpha value is -4.31. The molecule has 7 heteroatoms. The summed E-state index contributed by atoms with van der Waals surface area (Å²) in [5.41, 5.74) is 8.49. The van der Waals surface area contributed by atoms with Crippen LogP contribution in [0.4, 0.5) is 4.39 Å². The number of carbonyl (C=O) groups is 1. The van der Waals surface area contributed by atoms with Gasteiger partial charge in [0.25, 0.3) is 0 Å². The molecule has 0 saturated heterocycles. The van der Waals surface area contributed by atoms with Gasteiger partial charge in [-0.05, 0) is 61.4 Å². The van der Waals surface area contributed by atoms with Crippen molar-refractivity contribution in [2.75, 3.05) is 0 Å². The van der Waals surface area contributed by atoms with Crippen molar-refractivity contribution in [1.82, 2.24) is 0 Å². The van der Waals surface area contributed by atoms with Gasteiger partial charge >= 0.3 is 5.97 Å². The highest BCUT2D eigenvalue weighted by Gasteiger charge is 2.32. The Balaban J connectivity index is 1.28. The Morgan fingerprint density at radius 3 is 2.49 bits per heavy atom. The summed E-state index contributed by atoms with van der Waals surface area (Å²) in [7, 11) is 0. The van der Waals surface area contributed by atoms with Crippen LogP contribution in [-0.2, 0) is 11.4 Å². The topological polar surface area (TPSA) is 94.6 Å². The van der Waals surface area contributed by atoms with E-state index in [9.17, 15) is 14.4 Å². The summed E-state index contributed by atoms with van der Waals surface area (Å²) in [4.78, 5) is 12.9. The summed E-state index contributed by atoms with van der Waals surface area (Å²) in [5, 5.41) is 9.90. The van der Waals surface area contributed by atoms with Crippen LogP contribution < -0.4 is 19.9 Å². The quantitative estimate of drug-likeness (QED) is 0.217. The third-order valence-corrected chi connectivity index (χ3v) is 8.12. The molecule has 0 bridgehead atoms. The van der Waals surface area contributed by atoms with Crippen LogP contribution in [0, 0.1) is 29.0 Å². The predicted octanol–water partition coefficient (Wildman–Crippen LogP) is 7.52. The SMILES string of the molecule is CCCCC1CCC(C(=O)Oc2ccc3c(c2)OC(N)=C(C#N)C3c2ccc(OCc3ccccc3F)cc2)CC1. The molecule has 6 nitrogen and oxygen atoms in total. The first-order chi connectivity index (χ1) is 20.0. The number of halogens is 1. The van der Waals surface area contributed by atoms with Crippen molar-refractivity contribution in [2.24, 2.45) is 17.6 Å². The van der Waals surface area contributed by atoms with Crippen molar-refractivity contribution in [3.05, 3.63) is 101 Å². The smallest absolute Gasteiger partial charge is 0.314 e. The number of allylic oxidation sites excluding steroid dienone is 1. The van der Waals surface area contributed by atoms with E-state index in [1.165, 1.54) is 25.3 Å². The van der Waals surface area contributed by atoms with Crippen molar-refractivity contribution in [3.8, 4) is 23.3 Å². The van der Waals surface area contributed by atoms with Gasteiger partial charge in [0.1, 0.15) is 41.3 Å². The predicted molar refractivity (Wildman–Crippen MR) is 154 cm³/mol. The van der Waals surface area contributed by atoms with Crippen molar-refractivity contribution >= 4 is 5.97 Å². The van der Waals surface area contributed by atoms with E-state index in [-0.39, 0.29) is 30.2 Å². The van der Waals surface area contributed by atoms with Gasteiger partial charge in [-0.3, -0.25) is 4.79 Å². The number of rotatable bonds is 9. The zero-order chi connectivity index (χ0) is 28.8. The van der Waals surface area contributed by atoms with Gasteiger partial charge in [-0.2, -0.15) is 5.26 Å².